The highest BCUT2D eigenvalue weighted by atomic mass is 28.3. The molecule has 0 radical (unpaired) electrons. The van der Waals surface area contributed by atoms with E-state index < -0.39 is 32.2 Å². The van der Waals surface area contributed by atoms with Crippen LogP contribution in [-0.4, -0.2) is 17.2 Å². The molecule has 0 aliphatic rings. The normalized spacial score (nSPS) is 14.1. The zero-order valence-corrected chi connectivity index (χ0v) is 32.0. The van der Waals surface area contributed by atoms with Crippen LogP contribution in [0.1, 0.15) is 11.0 Å². The van der Waals surface area contributed by atoms with Crippen LogP contribution in [0.4, 0.5) is 0 Å². The molecule has 9 aromatic carbocycles. The number of para-hydroxylation sites is 4. The van der Waals surface area contributed by atoms with Gasteiger partial charge < -0.3 is 13.6 Å². The van der Waals surface area contributed by atoms with Crippen molar-refractivity contribution < 1.29 is 15.4 Å². The van der Waals surface area contributed by atoms with Gasteiger partial charge in [0.1, 0.15) is 11.2 Å². The standard InChI is InChI=1S/C54H36N2OSi/c1-4-20-38(21-5-1)58(39-22-6-2-7-23-39,40-24-8-3-9-25-40)41-26-18-19-37(35-41)55-48-33-16-12-29-44(48)52-49(36-51-53(54(52)55)45-30-13-17-34-50(45)57-51)56-46-31-14-10-27-42(46)43-28-11-15-32-47(43)56/h1-36H/i10D,11D,14D,15D,27D,28D,31D,32D. The lowest BCUT2D eigenvalue weighted by Crippen LogP contribution is -2.74. The second-order valence-corrected chi connectivity index (χ2v) is 18.4. The van der Waals surface area contributed by atoms with Crippen molar-refractivity contribution in [3.63, 3.8) is 0 Å². The van der Waals surface area contributed by atoms with E-state index in [0.29, 0.717) is 22.2 Å². The Morgan fingerprint density at radius 1 is 0.397 bits per heavy atom. The summed E-state index contributed by atoms with van der Waals surface area (Å²) in [5.74, 6) is 0. The highest BCUT2D eigenvalue weighted by molar-refractivity contribution is 7.19. The van der Waals surface area contributed by atoms with E-state index in [1.165, 1.54) is 15.6 Å². The predicted molar refractivity (Wildman–Crippen MR) is 246 cm³/mol. The van der Waals surface area contributed by atoms with Crippen LogP contribution in [0.3, 0.4) is 0 Å². The molecule has 4 heteroatoms. The van der Waals surface area contributed by atoms with Crippen molar-refractivity contribution in [1.29, 1.82) is 0 Å². The number of nitrogens with zero attached hydrogens (tertiary/aromatic N) is 2. The first-order valence-electron chi connectivity index (χ1n) is 23.3. The Bertz CT molecular complexity index is 3800. The quantitative estimate of drug-likeness (QED) is 0.122. The zero-order valence-electron chi connectivity index (χ0n) is 39.0. The van der Waals surface area contributed by atoms with Crippen molar-refractivity contribution in [3.8, 4) is 11.4 Å². The first-order chi connectivity index (χ1) is 32.1. The molecule has 0 aliphatic carbocycles. The Morgan fingerprint density at radius 3 is 1.57 bits per heavy atom. The van der Waals surface area contributed by atoms with E-state index >= 15 is 0 Å². The summed E-state index contributed by atoms with van der Waals surface area (Å²) < 4.78 is 82.9. The third kappa shape index (κ3) is 4.61. The van der Waals surface area contributed by atoms with Gasteiger partial charge >= 0.3 is 0 Å². The summed E-state index contributed by atoms with van der Waals surface area (Å²) in [5.41, 5.74) is 4.19. The molecule has 3 nitrogen and oxygen atoms in total. The van der Waals surface area contributed by atoms with Crippen molar-refractivity contribution in [2.24, 2.45) is 0 Å². The second-order valence-electron chi connectivity index (χ2n) is 14.6. The van der Waals surface area contributed by atoms with Gasteiger partial charge in [-0.15, -0.1) is 0 Å². The molecule has 0 amide bonds. The minimum Gasteiger partial charge on any atom is -0.456 e. The van der Waals surface area contributed by atoms with Gasteiger partial charge in [-0.1, -0.05) is 176 Å². The fourth-order valence-corrected chi connectivity index (χ4v) is 14.2. The molecule has 3 heterocycles. The van der Waals surface area contributed by atoms with Crippen molar-refractivity contribution in [2.75, 3.05) is 0 Å². The number of aromatic nitrogens is 2. The van der Waals surface area contributed by atoms with Gasteiger partial charge in [-0.05, 0) is 57.1 Å². The third-order valence-electron chi connectivity index (χ3n) is 11.7. The summed E-state index contributed by atoms with van der Waals surface area (Å²) in [4.78, 5) is 0. The summed E-state index contributed by atoms with van der Waals surface area (Å²) in [6, 6.07) is 55.3. The van der Waals surface area contributed by atoms with Crippen LogP contribution in [0.2, 0.25) is 0 Å². The van der Waals surface area contributed by atoms with E-state index in [0.717, 1.165) is 38.1 Å². The molecule has 0 N–H and O–H groups in total. The van der Waals surface area contributed by atoms with Gasteiger partial charge in [-0.2, -0.15) is 0 Å². The number of rotatable bonds is 6. The van der Waals surface area contributed by atoms with Gasteiger partial charge in [-0.3, -0.25) is 0 Å². The number of hydrogen-bond acceptors (Lipinski definition) is 1. The average Bonchev–Trinajstić information content (AvgIpc) is 4.03. The largest absolute Gasteiger partial charge is 0.456 e. The summed E-state index contributed by atoms with van der Waals surface area (Å²) in [5, 5.41) is 8.12. The monoisotopic (exact) mass is 764 g/mol. The molecule has 0 saturated heterocycles. The number of fused-ring (bicyclic) bond motifs is 10. The average molecular weight is 765 g/mol. The first kappa shape index (κ1) is 25.7. The van der Waals surface area contributed by atoms with Crippen LogP contribution in [-0.2, 0) is 0 Å². The Hall–Kier alpha value is -7.40. The van der Waals surface area contributed by atoms with Gasteiger partial charge in [0.15, 0.2) is 8.07 Å². The topological polar surface area (TPSA) is 23.0 Å². The minimum atomic E-state index is -3.00. The molecule has 12 aromatic rings. The van der Waals surface area contributed by atoms with Crippen molar-refractivity contribution in [2.45, 2.75) is 0 Å². The van der Waals surface area contributed by atoms with Crippen LogP contribution < -0.4 is 20.7 Å². The van der Waals surface area contributed by atoms with E-state index in [-0.39, 0.29) is 46.0 Å². The fraction of sp³-hybridized carbons (Fsp3) is 0. The zero-order chi connectivity index (χ0) is 45.2. The van der Waals surface area contributed by atoms with E-state index in [4.69, 9.17) is 9.90 Å². The molecule has 0 atom stereocenters. The second kappa shape index (κ2) is 12.8. The molecule has 0 fully saturated rings. The molecule has 0 saturated carbocycles. The van der Waals surface area contributed by atoms with Gasteiger partial charge in [0.05, 0.1) is 44.1 Å². The molecule has 0 aliphatic heterocycles. The molecule has 272 valence electrons. The molecular formula is C54H36N2OSi. The van der Waals surface area contributed by atoms with Crippen LogP contribution >= 0.6 is 0 Å². The van der Waals surface area contributed by atoms with Gasteiger partial charge in [-0.25, -0.2) is 0 Å². The lowest BCUT2D eigenvalue weighted by atomic mass is 10.1. The van der Waals surface area contributed by atoms with Crippen LogP contribution in [0.5, 0.6) is 0 Å². The van der Waals surface area contributed by atoms with Crippen LogP contribution in [0.15, 0.2) is 223 Å². The summed E-state index contributed by atoms with van der Waals surface area (Å²) >= 11 is 0. The molecule has 12 rings (SSSR count). The number of benzene rings is 9. The van der Waals surface area contributed by atoms with E-state index in [9.17, 15) is 5.48 Å². The van der Waals surface area contributed by atoms with Crippen molar-refractivity contribution in [3.05, 3.63) is 218 Å². The maximum Gasteiger partial charge on any atom is 0.179 e. The molecule has 0 unspecified atom stereocenters. The first-order valence-corrected chi connectivity index (χ1v) is 21.3. The van der Waals surface area contributed by atoms with Crippen molar-refractivity contribution >= 4 is 94.4 Å². The lowest BCUT2D eigenvalue weighted by Gasteiger charge is -2.34. The summed E-state index contributed by atoms with van der Waals surface area (Å²) in [7, 11) is -3.00. The molecule has 0 spiro atoms. The van der Waals surface area contributed by atoms with Crippen LogP contribution in [0.25, 0.3) is 76.9 Å². The Kier molecular flexibility index (Phi) is 5.68. The maximum absolute atomic E-state index is 9.40. The van der Waals surface area contributed by atoms with E-state index in [1.54, 1.807) is 4.57 Å². The summed E-state index contributed by atoms with van der Waals surface area (Å²) in [6.45, 7) is 0. The van der Waals surface area contributed by atoms with Gasteiger partial charge in [0.2, 0.25) is 0 Å². The van der Waals surface area contributed by atoms with E-state index in [2.05, 4.69) is 126 Å². The third-order valence-corrected chi connectivity index (χ3v) is 16.5. The number of hydrogen-bond donors (Lipinski definition) is 0. The predicted octanol–water partition coefficient (Wildman–Crippen LogP) is 11.2. The Labute approximate surface area is 347 Å². The summed E-state index contributed by atoms with van der Waals surface area (Å²) in [6.07, 6.45) is 0. The van der Waals surface area contributed by atoms with Gasteiger partial charge in [0.25, 0.3) is 0 Å². The molecule has 0 bridgehead atoms. The van der Waals surface area contributed by atoms with Crippen molar-refractivity contribution in [1.82, 2.24) is 9.13 Å². The molecular weight excluding hydrogens is 721 g/mol. The fourth-order valence-electron chi connectivity index (χ4n) is 9.39. The van der Waals surface area contributed by atoms with E-state index in [1.807, 2.05) is 48.5 Å². The lowest BCUT2D eigenvalue weighted by molar-refractivity contribution is 0.669. The van der Waals surface area contributed by atoms with Crippen LogP contribution in [0, 0.1) is 0 Å². The number of furan rings is 1. The highest BCUT2D eigenvalue weighted by Gasteiger charge is 2.41. The Morgan fingerprint density at radius 2 is 0.931 bits per heavy atom. The molecule has 58 heavy (non-hydrogen) atoms. The smallest absolute Gasteiger partial charge is 0.179 e. The minimum absolute atomic E-state index is 0.0151. The van der Waals surface area contributed by atoms with Gasteiger partial charge in [0, 0.05) is 38.7 Å². The Balaban J connectivity index is 1.29. The molecule has 3 aromatic heterocycles. The maximum atomic E-state index is 9.40. The highest BCUT2D eigenvalue weighted by Crippen LogP contribution is 2.45. The SMILES string of the molecule is [2H]c1c([2H])c([2H])c2c(c1[2H])c1c([2H])c([2H])c([2H])c([2H])c1n2-c1cc2oc3ccccc3c2c2c1c1ccccc1n2-c1cccc([Si](c2ccccc2)(c2ccccc2)c2ccccc2)c1.